The van der Waals surface area contributed by atoms with Gasteiger partial charge in [0.25, 0.3) is 5.91 Å². The van der Waals surface area contributed by atoms with Gasteiger partial charge in [0.15, 0.2) is 0 Å². The molecule has 2 unspecified atom stereocenters. The number of hydrogen-bond donors (Lipinski definition) is 2. The van der Waals surface area contributed by atoms with Gasteiger partial charge in [0.2, 0.25) is 5.91 Å². The Hall–Kier alpha value is -3.55. The molecule has 0 bridgehead atoms. The molecule has 2 aromatic rings. The lowest BCUT2D eigenvalue weighted by Gasteiger charge is -2.31. The highest BCUT2D eigenvalue weighted by atomic mass is 16.3. The molecule has 2 atom stereocenters. The Balaban J connectivity index is 1.55. The number of benzene rings is 1. The minimum Gasteiger partial charge on any atom is -0.467 e. The van der Waals surface area contributed by atoms with E-state index in [4.69, 9.17) is 4.42 Å². The van der Waals surface area contributed by atoms with Crippen LogP contribution in [0.5, 0.6) is 0 Å². The predicted molar refractivity (Wildman–Crippen MR) is 104 cm³/mol. The molecule has 3 heterocycles. The number of urea groups is 1. The van der Waals surface area contributed by atoms with E-state index in [1.54, 1.807) is 26.1 Å². The first kappa shape index (κ1) is 18.8. The molecule has 29 heavy (non-hydrogen) atoms. The number of nitrogens with zero attached hydrogens (tertiary/aromatic N) is 2. The van der Waals surface area contributed by atoms with Crippen LogP contribution in [0.3, 0.4) is 0 Å². The zero-order valence-electron chi connectivity index (χ0n) is 16.2. The molecule has 4 rings (SSSR count). The lowest BCUT2D eigenvalue weighted by Crippen LogP contribution is -2.46. The van der Waals surface area contributed by atoms with Crippen LogP contribution >= 0.6 is 0 Å². The van der Waals surface area contributed by atoms with E-state index < -0.39 is 12.1 Å². The van der Waals surface area contributed by atoms with Crippen molar-refractivity contribution in [2.75, 3.05) is 13.6 Å². The molecule has 0 fully saturated rings. The summed E-state index contributed by atoms with van der Waals surface area (Å²) in [6.07, 6.45) is 1.54. The standard InChI is InChI=1S/C21H22N4O4/c1-13(19(26)22-11-15-9-6-10-29-15)25-12-16-17(20(25)27)18(23-21(28)24(16)2)14-7-4-3-5-8-14/h3-10,13,18H,11-12H2,1-2H3,(H,22,26)(H,23,28). The van der Waals surface area contributed by atoms with Gasteiger partial charge in [0.05, 0.1) is 36.7 Å². The molecular formula is C21H22N4O4. The third-order valence-corrected chi connectivity index (χ3v) is 5.39. The van der Waals surface area contributed by atoms with Crippen LogP contribution < -0.4 is 10.6 Å². The predicted octanol–water partition coefficient (Wildman–Crippen LogP) is 1.78. The highest BCUT2D eigenvalue weighted by Crippen LogP contribution is 2.36. The molecule has 0 saturated carbocycles. The number of furan rings is 1. The topological polar surface area (TPSA) is 94.9 Å². The van der Waals surface area contributed by atoms with E-state index in [2.05, 4.69) is 10.6 Å². The van der Waals surface area contributed by atoms with Crippen LogP contribution in [0.4, 0.5) is 4.79 Å². The number of likely N-dealkylation sites (N-methyl/N-ethyl adjacent to an activating group) is 1. The smallest absolute Gasteiger partial charge is 0.322 e. The molecule has 4 amide bonds. The van der Waals surface area contributed by atoms with Crippen molar-refractivity contribution in [3.8, 4) is 0 Å². The zero-order chi connectivity index (χ0) is 20.5. The maximum absolute atomic E-state index is 13.2. The van der Waals surface area contributed by atoms with Gasteiger partial charge in [0, 0.05) is 7.05 Å². The van der Waals surface area contributed by atoms with Crippen molar-refractivity contribution >= 4 is 17.8 Å². The average Bonchev–Trinajstić information content (AvgIpc) is 3.37. The summed E-state index contributed by atoms with van der Waals surface area (Å²) in [6, 6.07) is 11.4. The van der Waals surface area contributed by atoms with E-state index in [1.807, 2.05) is 30.3 Å². The second kappa shape index (κ2) is 7.46. The van der Waals surface area contributed by atoms with Crippen LogP contribution in [0.2, 0.25) is 0 Å². The number of rotatable bonds is 5. The van der Waals surface area contributed by atoms with Gasteiger partial charge in [-0.05, 0) is 24.6 Å². The molecule has 8 nitrogen and oxygen atoms in total. The number of hydrogen-bond acceptors (Lipinski definition) is 4. The van der Waals surface area contributed by atoms with Crippen LogP contribution in [-0.2, 0) is 16.1 Å². The molecule has 8 heteroatoms. The normalized spacial score (nSPS) is 19.9. The highest BCUT2D eigenvalue weighted by Gasteiger charge is 2.45. The molecule has 0 saturated heterocycles. The Morgan fingerprint density at radius 3 is 2.69 bits per heavy atom. The van der Waals surface area contributed by atoms with Gasteiger partial charge in [0.1, 0.15) is 11.8 Å². The van der Waals surface area contributed by atoms with Crippen LogP contribution in [-0.4, -0.2) is 47.3 Å². The molecule has 2 aliphatic rings. The largest absolute Gasteiger partial charge is 0.467 e. The van der Waals surface area contributed by atoms with Gasteiger partial charge in [-0.15, -0.1) is 0 Å². The minimum atomic E-state index is -0.692. The molecule has 1 aromatic heterocycles. The Morgan fingerprint density at radius 2 is 2.00 bits per heavy atom. The number of carbonyl (C=O) groups excluding carboxylic acids is 3. The summed E-state index contributed by atoms with van der Waals surface area (Å²) in [6.45, 7) is 2.13. The fourth-order valence-corrected chi connectivity index (χ4v) is 3.67. The van der Waals surface area contributed by atoms with Gasteiger partial charge in [-0.2, -0.15) is 0 Å². The van der Waals surface area contributed by atoms with Gasteiger partial charge >= 0.3 is 6.03 Å². The van der Waals surface area contributed by atoms with E-state index in [1.165, 1.54) is 16.1 Å². The zero-order valence-corrected chi connectivity index (χ0v) is 16.2. The van der Waals surface area contributed by atoms with Crippen LogP contribution in [0.15, 0.2) is 64.4 Å². The van der Waals surface area contributed by atoms with E-state index in [0.29, 0.717) is 17.0 Å². The molecule has 1 aromatic carbocycles. The maximum atomic E-state index is 13.2. The summed E-state index contributed by atoms with van der Waals surface area (Å²) in [7, 11) is 1.63. The van der Waals surface area contributed by atoms with Gasteiger partial charge in [-0.25, -0.2) is 4.79 Å². The van der Waals surface area contributed by atoms with Crippen molar-refractivity contribution in [1.82, 2.24) is 20.4 Å². The van der Waals surface area contributed by atoms with Crippen LogP contribution in [0, 0.1) is 0 Å². The van der Waals surface area contributed by atoms with E-state index >= 15 is 0 Å². The van der Waals surface area contributed by atoms with Gasteiger partial charge < -0.3 is 20.0 Å². The Labute approximate surface area is 168 Å². The number of nitrogens with one attached hydrogen (secondary N) is 2. The quantitative estimate of drug-likeness (QED) is 0.808. The molecule has 0 radical (unpaired) electrons. The van der Waals surface area contributed by atoms with Crippen LogP contribution in [0.25, 0.3) is 0 Å². The first-order valence-electron chi connectivity index (χ1n) is 9.40. The average molecular weight is 394 g/mol. The Kier molecular flexibility index (Phi) is 4.84. The Bertz CT molecular complexity index is 968. The van der Waals surface area contributed by atoms with Crippen molar-refractivity contribution in [3.63, 3.8) is 0 Å². The highest BCUT2D eigenvalue weighted by molar-refractivity contribution is 6.03. The summed E-state index contributed by atoms with van der Waals surface area (Å²) < 4.78 is 5.22. The SMILES string of the molecule is CC(C(=O)NCc1ccco1)N1CC2=C(C1=O)C(c1ccccc1)NC(=O)N2C. The number of amides is 4. The lowest BCUT2D eigenvalue weighted by molar-refractivity contribution is -0.135. The second-order valence-electron chi connectivity index (χ2n) is 7.12. The summed E-state index contributed by atoms with van der Waals surface area (Å²) in [4.78, 5) is 41.2. The molecule has 0 spiro atoms. The first-order valence-corrected chi connectivity index (χ1v) is 9.40. The van der Waals surface area contributed by atoms with Gasteiger partial charge in [-0.3, -0.25) is 14.5 Å². The molecular weight excluding hydrogens is 372 g/mol. The van der Waals surface area contributed by atoms with Crippen molar-refractivity contribution < 1.29 is 18.8 Å². The van der Waals surface area contributed by atoms with Crippen molar-refractivity contribution in [2.45, 2.75) is 25.6 Å². The second-order valence-corrected chi connectivity index (χ2v) is 7.12. The third-order valence-electron chi connectivity index (χ3n) is 5.39. The molecule has 2 N–H and O–H groups in total. The van der Waals surface area contributed by atoms with Crippen molar-refractivity contribution in [3.05, 3.63) is 71.3 Å². The molecule has 150 valence electrons. The molecule has 2 aliphatic heterocycles. The monoisotopic (exact) mass is 394 g/mol. The van der Waals surface area contributed by atoms with E-state index in [9.17, 15) is 14.4 Å². The fourth-order valence-electron chi connectivity index (χ4n) is 3.67. The van der Waals surface area contributed by atoms with Gasteiger partial charge in [-0.1, -0.05) is 30.3 Å². The fraction of sp³-hybridized carbons (Fsp3) is 0.286. The Morgan fingerprint density at radius 1 is 1.24 bits per heavy atom. The number of carbonyl (C=O) groups is 3. The summed E-state index contributed by atoms with van der Waals surface area (Å²) in [5, 5.41) is 5.67. The lowest BCUT2D eigenvalue weighted by atomic mass is 9.96. The van der Waals surface area contributed by atoms with Crippen LogP contribution in [0.1, 0.15) is 24.3 Å². The maximum Gasteiger partial charge on any atom is 0.322 e. The van der Waals surface area contributed by atoms with E-state index in [0.717, 1.165) is 5.56 Å². The van der Waals surface area contributed by atoms with Crippen molar-refractivity contribution in [1.29, 1.82) is 0 Å². The van der Waals surface area contributed by atoms with Crippen molar-refractivity contribution in [2.24, 2.45) is 0 Å². The summed E-state index contributed by atoms with van der Waals surface area (Å²) in [5.74, 6) is 0.100. The summed E-state index contributed by atoms with van der Waals surface area (Å²) in [5.41, 5.74) is 1.95. The molecule has 0 aliphatic carbocycles. The van der Waals surface area contributed by atoms with E-state index in [-0.39, 0.29) is 30.9 Å². The third kappa shape index (κ3) is 3.37. The minimum absolute atomic E-state index is 0.205. The first-order chi connectivity index (χ1) is 14.0. The summed E-state index contributed by atoms with van der Waals surface area (Å²) >= 11 is 0.